The average Bonchev–Trinajstić information content (AvgIpc) is 3.69. The van der Waals surface area contributed by atoms with Crippen molar-refractivity contribution in [3.63, 3.8) is 0 Å². The van der Waals surface area contributed by atoms with Crippen LogP contribution in [-0.4, -0.2) is 0 Å². The Kier molecular flexibility index (Phi) is 5.14. The monoisotopic (exact) mass is 610 g/mol. The summed E-state index contributed by atoms with van der Waals surface area (Å²) < 4.78 is 12.7. The normalized spacial score (nSPS) is 12.2. The van der Waals surface area contributed by atoms with Crippen molar-refractivity contribution in [2.45, 2.75) is 0 Å². The van der Waals surface area contributed by atoms with Crippen LogP contribution in [0.4, 0.5) is 0 Å². The molecule has 0 saturated carbocycles. The summed E-state index contributed by atoms with van der Waals surface area (Å²) in [4.78, 5) is 0. The molecule has 2 heteroatoms. The van der Waals surface area contributed by atoms with Gasteiger partial charge in [-0.1, -0.05) is 121 Å². The highest BCUT2D eigenvalue weighted by molar-refractivity contribution is 6.26. The van der Waals surface area contributed by atoms with Crippen molar-refractivity contribution in [2.75, 3.05) is 0 Å². The van der Waals surface area contributed by atoms with Gasteiger partial charge in [0.1, 0.15) is 22.3 Å². The minimum atomic E-state index is 0.870. The van der Waals surface area contributed by atoms with Crippen LogP contribution >= 0.6 is 0 Å². The average molecular weight is 611 g/mol. The smallest absolute Gasteiger partial charge is 0.136 e. The van der Waals surface area contributed by atoms with Crippen molar-refractivity contribution in [1.29, 1.82) is 0 Å². The third-order valence-electron chi connectivity index (χ3n) is 10.2. The Morgan fingerprint density at radius 1 is 0.271 bits per heavy atom. The minimum absolute atomic E-state index is 0.870. The number of hydrogen-bond acceptors (Lipinski definition) is 2. The molecule has 0 N–H and O–H groups in total. The van der Waals surface area contributed by atoms with Crippen molar-refractivity contribution < 1.29 is 8.83 Å². The van der Waals surface area contributed by atoms with Crippen LogP contribution in [0.1, 0.15) is 0 Å². The third kappa shape index (κ3) is 3.52. The first-order valence-electron chi connectivity index (χ1n) is 16.4. The molecule has 2 heterocycles. The maximum atomic E-state index is 6.46. The molecule has 0 unspecified atom stereocenters. The first kappa shape index (κ1) is 25.8. The lowest BCUT2D eigenvalue weighted by atomic mass is 9.83. The van der Waals surface area contributed by atoms with Crippen molar-refractivity contribution >= 4 is 87.0 Å². The van der Waals surface area contributed by atoms with E-state index in [-0.39, 0.29) is 0 Å². The molecule has 222 valence electrons. The number of hydrogen-bond donors (Lipinski definition) is 0. The van der Waals surface area contributed by atoms with Crippen LogP contribution < -0.4 is 0 Å². The molecule has 0 bridgehead atoms. The molecule has 11 rings (SSSR count). The summed E-state index contributed by atoms with van der Waals surface area (Å²) in [6, 6.07) is 56.8. The Balaban J connectivity index is 1.22. The van der Waals surface area contributed by atoms with Gasteiger partial charge in [0.2, 0.25) is 0 Å². The van der Waals surface area contributed by atoms with E-state index < -0.39 is 0 Å². The van der Waals surface area contributed by atoms with Gasteiger partial charge in [-0.2, -0.15) is 0 Å². The predicted molar refractivity (Wildman–Crippen MR) is 202 cm³/mol. The first-order chi connectivity index (χ1) is 23.8. The van der Waals surface area contributed by atoms with Crippen LogP contribution in [0, 0.1) is 0 Å². The maximum absolute atomic E-state index is 6.46. The molecule has 0 radical (unpaired) electrons. The topological polar surface area (TPSA) is 26.3 Å². The number of fused-ring (bicyclic) bond motifs is 11. The van der Waals surface area contributed by atoms with E-state index in [1.54, 1.807) is 0 Å². The highest BCUT2D eigenvalue weighted by atomic mass is 16.3. The van der Waals surface area contributed by atoms with Crippen molar-refractivity contribution in [1.82, 2.24) is 0 Å². The van der Waals surface area contributed by atoms with Crippen LogP contribution in [0.5, 0.6) is 0 Å². The molecule has 0 amide bonds. The maximum Gasteiger partial charge on any atom is 0.136 e. The van der Waals surface area contributed by atoms with E-state index >= 15 is 0 Å². The second-order valence-electron chi connectivity index (χ2n) is 12.8. The van der Waals surface area contributed by atoms with E-state index in [9.17, 15) is 0 Å². The molecule has 2 nitrogen and oxygen atoms in total. The highest BCUT2D eigenvalue weighted by Gasteiger charge is 2.20. The van der Waals surface area contributed by atoms with Gasteiger partial charge in [0.15, 0.2) is 0 Å². The molecule has 0 fully saturated rings. The quantitative estimate of drug-likeness (QED) is 0.144. The zero-order chi connectivity index (χ0) is 31.3. The fraction of sp³-hybridized carbons (Fsp3) is 0. The first-order valence-corrected chi connectivity index (χ1v) is 16.4. The minimum Gasteiger partial charge on any atom is -0.456 e. The lowest BCUT2D eigenvalue weighted by molar-refractivity contribution is 0.664. The predicted octanol–water partition coefficient (Wildman–Crippen LogP) is 13.4. The van der Waals surface area contributed by atoms with Crippen LogP contribution in [0.2, 0.25) is 0 Å². The van der Waals surface area contributed by atoms with Crippen molar-refractivity contribution in [3.05, 3.63) is 158 Å². The van der Waals surface area contributed by atoms with Crippen LogP contribution in [0.15, 0.2) is 167 Å². The van der Waals surface area contributed by atoms with Crippen LogP contribution in [-0.2, 0) is 0 Å². The Hall–Kier alpha value is -6.38. The Morgan fingerprint density at radius 3 is 1.44 bits per heavy atom. The van der Waals surface area contributed by atoms with Crippen LogP contribution in [0.25, 0.3) is 109 Å². The van der Waals surface area contributed by atoms with Gasteiger partial charge in [-0.3, -0.25) is 0 Å². The van der Waals surface area contributed by atoms with E-state index in [2.05, 4.69) is 146 Å². The number of furan rings is 2. The summed E-state index contributed by atoms with van der Waals surface area (Å²) in [5, 5.41) is 14.3. The van der Waals surface area contributed by atoms with Gasteiger partial charge in [0.25, 0.3) is 0 Å². The van der Waals surface area contributed by atoms with Gasteiger partial charge in [0, 0.05) is 21.5 Å². The molecule has 48 heavy (non-hydrogen) atoms. The molecular weight excluding hydrogens is 585 g/mol. The second-order valence-corrected chi connectivity index (χ2v) is 12.8. The molecule has 0 aliphatic rings. The largest absolute Gasteiger partial charge is 0.456 e. The van der Waals surface area contributed by atoms with Gasteiger partial charge in [-0.25, -0.2) is 0 Å². The Morgan fingerprint density at radius 2 is 0.750 bits per heavy atom. The van der Waals surface area contributed by atoms with Gasteiger partial charge in [-0.05, 0) is 102 Å². The number of rotatable bonds is 2. The standard InChI is InChI=1S/C46H26O2/c1-2-12-29-27(11-1)23-40(31-14-4-3-13-30(29)31)46-35-18-7-5-16-33(35)45(34-17-6-8-19-36(34)46)28-21-22-42-37(24-28)39-26-43-38(25-44(39)48-42)32-15-9-10-20-41(32)47-43/h1-26H. The Bertz CT molecular complexity index is 3060. The lowest BCUT2D eigenvalue weighted by Crippen LogP contribution is -1.92. The zero-order valence-electron chi connectivity index (χ0n) is 25.8. The van der Waals surface area contributed by atoms with E-state index in [4.69, 9.17) is 8.83 Å². The van der Waals surface area contributed by atoms with E-state index in [0.717, 1.165) is 49.4 Å². The van der Waals surface area contributed by atoms with Crippen LogP contribution in [0.3, 0.4) is 0 Å². The third-order valence-corrected chi connectivity index (χ3v) is 10.2. The zero-order valence-corrected chi connectivity index (χ0v) is 25.8. The fourth-order valence-electron chi connectivity index (χ4n) is 8.14. The van der Waals surface area contributed by atoms with E-state index in [1.807, 2.05) is 12.1 Å². The molecule has 0 aliphatic carbocycles. The second kappa shape index (κ2) is 9.57. The number of para-hydroxylation sites is 1. The molecule has 0 atom stereocenters. The van der Waals surface area contributed by atoms with Gasteiger partial charge < -0.3 is 8.83 Å². The summed E-state index contributed by atoms with van der Waals surface area (Å²) >= 11 is 0. The lowest BCUT2D eigenvalue weighted by Gasteiger charge is -2.19. The molecule has 0 spiro atoms. The van der Waals surface area contributed by atoms with E-state index in [1.165, 1.54) is 59.8 Å². The van der Waals surface area contributed by atoms with Gasteiger partial charge in [0.05, 0.1) is 0 Å². The molecule has 0 aliphatic heterocycles. The molecule has 9 aromatic carbocycles. The highest BCUT2D eigenvalue weighted by Crippen LogP contribution is 2.47. The molecule has 2 aromatic heterocycles. The summed E-state index contributed by atoms with van der Waals surface area (Å²) in [6.45, 7) is 0. The van der Waals surface area contributed by atoms with E-state index in [0.29, 0.717) is 0 Å². The fourth-order valence-corrected chi connectivity index (χ4v) is 8.14. The van der Waals surface area contributed by atoms with Gasteiger partial charge >= 0.3 is 0 Å². The van der Waals surface area contributed by atoms with Crippen molar-refractivity contribution in [3.8, 4) is 22.3 Å². The summed E-state index contributed by atoms with van der Waals surface area (Å²) in [5.41, 5.74) is 8.44. The number of benzene rings is 9. The van der Waals surface area contributed by atoms with Gasteiger partial charge in [-0.15, -0.1) is 0 Å². The SMILES string of the molecule is c1ccc2c(c1)cc(-c1c3ccccc3c(-c3ccc4oc5cc6c(cc5c4c3)oc3ccccc36)c3ccccc13)c1ccccc12. The molecule has 0 saturated heterocycles. The molecular formula is C46H26O2. The van der Waals surface area contributed by atoms with Crippen molar-refractivity contribution in [2.24, 2.45) is 0 Å². The molecule has 11 aromatic rings. The summed E-state index contributed by atoms with van der Waals surface area (Å²) in [6.07, 6.45) is 0. The summed E-state index contributed by atoms with van der Waals surface area (Å²) in [7, 11) is 0. The summed E-state index contributed by atoms with van der Waals surface area (Å²) in [5.74, 6) is 0. The Labute approximate surface area is 275 Å².